The third-order valence-electron chi connectivity index (χ3n) is 4.52. The minimum Gasteiger partial charge on any atom is -0.452 e. The number of hydrogen-bond donors (Lipinski definition) is 0. The van der Waals surface area contributed by atoms with E-state index >= 15 is 0 Å². The van der Waals surface area contributed by atoms with Crippen molar-refractivity contribution in [1.82, 2.24) is 15.1 Å². The van der Waals surface area contributed by atoms with Crippen LogP contribution in [0.4, 0.5) is 29.3 Å². The summed E-state index contributed by atoms with van der Waals surface area (Å²) in [4.78, 5) is 34.9. The molecule has 0 saturated heterocycles. The monoisotopic (exact) mass is 433 g/mol. The number of pyridine rings is 1. The van der Waals surface area contributed by atoms with Crippen molar-refractivity contribution in [3.63, 3.8) is 0 Å². The molecule has 12 heteroatoms. The van der Waals surface area contributed by atoms with Crippen LogP contribution in [0.1, 0.15) is 11.6 Å². The molecule has 2 amide bonds. The molecule has 0 fully saturated rings. The third-order valence-corrected chi connectivity index (χ3v) is 4.52. The van der Waals surface area contributed by atoms with E-state index in [1.165, 1.54) is 29.2 Å². The number of hydrogen-bond acceptors (Lipinski definition) is 7. The number of nitrogens with zero attached hydrogens (tertiary/aromatic N) is 5. The number of methoxy groups -OCH3 is 1. The van der Waals surface area contributed by atoms with E-state index in [9.17, 15) is 22.8 Å². The van der Waals surface area contributed by atoms with Gasteiger partial charge in [-0.15, -0.1) is 0 Å². The molecule has 4 rings (SSSR count). The van der Waals surface area contributed by atoms with Crippen LogP contribution in [0.2, 0.25) is 0 Å². The van der Waals surface area contributed by atoms with Gasteiger partial charge in [0.1, 0.15) is 6.54 Å². The predicted octanol–water partition coefficient (Wildman–Crippen LogP) is 3.27. The summed E-state index contributed by atoms with van der Waals surface area (Å²) in [6.45, 7) is -0.115. The van der Waals surface area contributed by atoms with Gasteiger partial charge in [-0.2, -0.15) is 18.2 Å². The molecule has 0 unspecified atom stereocenters. The van der Waals surface area contributed by atoms with Crippen LogP contribution in [-0.4, -0.2) is 40.8 Å². The van der Waals surface area contributed by atoms with Gasteiger partial charge >= 0.3 is 18.2 Å². The summed E-state index contributed by atoms with van der Waals surface area (Å²) in [5.74, 6) is -2.04. The van der Waals surface area contributed by atoms with Crippen LogP contribution in [-0.2, 0) is 22.3 Å². The minimum atomic E-state index is -4.74. The second-order valence-corrected chi connectivity index (χ2v) is 6.48. The Morgan fingerprint density at radius 2 is 1.94 bits per heavy atom. The molecule has 9 nitrogen and oxygen atoms in total. The van der Waals surface area contributed by atoms with Crippen LogP contribution in [0, 0.1) is 0 Å². The maximum Gasteiger partial charge on any atom is 0.471 e. The molecule has 31 heavy (non-hydrogen) atoms. The first-order valence-electron chi connectivity index (χ1n) is 8.89. The summed E-state index contributed by atoms with van der Waals surface area (Å²) in [5.41, 5.74) is 1.71. The van der Waals surface area contributed by atoms with Gasteiger partial charge in [0.2, 0.25) is 11.7 Å². The molecule has 2 aromatic heterocycles. The number of para-hydroxylation sites is 2. The van der Waals surface area contributed by atoms with E-state index in [1.807, 2.05) is 0 Å². The van der Waals surface area contributed by atoms with E-state index in [-0.39, 0.29) is 30.4 Å². The topological polar surface area (TPSA) is 102 Å². The number of carbonyl (C=O) groups is 2. The molecule has 3 heterocycles. The highest BCUT2D eigenvalue weighted by Crippen LogP contribution is 2.34. The number of halogens is 3. The Balaban J connectivity index is 1.57. The second-order valence-electron chi connectivity index (χ2n) is 6.48. The van der Waals surface area contributed by atoms with Crippen molar-refractivity contribution in [3.05, 3.63) is 54.2 Å². The smallest absolute Gasteiger partial charge is 0.452 e. The van der Waals surface area contributed by atoms with Gasteiger partial charge < -0.3 is 14.2 Å². The molecular formula is C19H14F3N5O4. The molecule has 3 aromatic rings. The van der Waals surface area contributed by atoms with Crippen molar-refractivity contribution in [2.24, 2.45) is 0 Å². The Kier molecular flexibility index (Phi) is 5.05. The Morgan fingerprint density at radius 3 is 2.55 bits per heavy atom. The van der Waals surface area contributed by atoms with Crippen molar-refractivity contribution in [2.45, 2.75) is 12.7 Å². The average molecular weight is 433 g/mol. The summed E-state index contributed by atoms with van der Waals surface area (Å²) >= 11 is 0. The summed E-state index contributed by atoms with van der Waals surface area (Å²) in [6.07, 6.45) is -4.10. The van der Waals surface area contributed by atoms with Gasteiger partial charge in [-0.1, -0.05) is 17.3 Å². The molecule has 0 atom stereocenters. The van der Waals surface area contributed by atoms with Crippen LogP contribution in [0.25, 0.3) is 11.4 Å². The van der Waals surface area contributed by atoms with Gasteiger partial charge in [-0.05, 0) is 24.3 Å². The summed E-state index contributed by atoms with van der Waals surface area (Å²) in [6, 6.07) is 9.86. The number of amides is 2. The lowest BCUT2D eigenvalue weighted by molar-refractivity contribution is -0.159. The quantitative estimate of drug-likeness (QED) is 0.625. The fraction of sp³-hybridized carbons (Fsp3) is 0.211. The third kappa shape index (κ3) is 3.91. The van der Waals surface area contributed by atoms with Gasteiger partial charge in [-0.3, -0.25) is 14.7 Å². The molecular weight excluding hydrogens is 419 g/mol. The van der Waals surface area contributed by atoms with Crippen molar-refractivity contribution < 1.29 is 32.0 Å². The van der Waals surface area contributed by atoms with Crippen molar-refractivity contribution in [3.8, 4) is 11.4 Å². The first-order chi connectivity index (χ1) is 14.8. The van der Waals surface area contributed by atoms with Crippen molar-refractivity contribution in [1.29, 1.82) is 0 Å². The number of benzene rings is 1. The largest absolute Gasteiger partial charge is 0.471 e. The maximum absolute atomic E-state index is 12.7. The van der Waals surface area contributed by atoms with E-state index in [1.54, 1.807) is 30.3 Å². The summed E-state index contributed by atoms with van der Waals surface area (Å²) < 4.78 is 46.8. The Bertz CT molecular complexity index is 1130. The molecule has 160 valence electrons. The fourth-order valence-electron chi connectivity index (χ4n) is 3.08. The molecule has 1 aliphatic rings. The summed E-state index contributed by atoms with van der Waals surface area (Å²) in [5, 5.41) is 3.31. The first kappa shape index (κ1) is 20.3. The maximum atomic E-state index is 12.7. The lowest BCUT2D eigenvalue weighted by Crippen LogP contribution is -2.47. The molecule has 0 N–H and O–H groups in total. The molecule has 0 aliphatic carbocycles. The van der Waals surface area contributed by atoms with Crippen molar-refractivity contribution in [2.75, 3.05) is 23.5 Å². The van der Waals surface area contributed by atoms with Gasteiger partial charge in [-0.25, -0.2) is 4.79 Å². The number of carbonyl (C=O) groups excluding carboxylic acids is 2. The SMILES string of the molecule is COC(=O)N1CC(=O)N(Cc2ccc(-c3noc(C(F)(F)F)n3)cn2)c2ccccc21. The standard InChI is InChI=1S/C19H14F3N5O4/c1-30-18(29)27-10-15(28)26(13-4-2-3-5-14(13)27)9-12-7-6-11(8-23-12)16-24-17(31-25-16)19(20,21)22/h2-8H,9-10H2,1H3. The number of ether oxygens (including phenoxy) is 1. The number of anilines is 2. The normalized spacial score (nSPS) is 13.9. The Labute approximate surface area is 173 Å². The van der Waals surface area contributed by atoms with Crippen LogP contribution in [0.3, 0.4) is 0 Å². The highest BCUT2D eigenvalue weighted by Gasteiger charge is 2.38. The predicted molar refractivity (Wildman–Crippen MR) is 99.9 cm³/mol. The number of rotatable bonds is 3. The lowest BCUT2D eigenvalue weighted by Gasteiger charge is -2.35. The van der Waals surface area contributed by atoms with Crippen molar-refractivity contribution >= 4 is 23.4 Å². The van der Waals surface area contributed by atoms with E-state index in [0.29, 0.717) is 17.1 Å². The van der Waals surface area contributed by atoms with Crippen LogP contribution >= 0.6 is 0 Å². The highest BCUT2D eigenvalue weighted by molar-refractivity contribution is 6.09. The van der Waals surface area contributed by atoms with E-state index in [4.69, 9.17) is 4.74 Å². The Hall–Kier alpha value is -3.96. The molecule has 1 aliphatic heterocycles. The molecule has 0 saturated carbocycles. The van der Waals surface area contributed by atoms with Gasteiger partial charge in [0.25, 0.3) is 0 Å². The highest BCUT2D eigenvalue weighted by atomic mass is 19.4. The number of aromatic nitrogens is 3. The number of fused-ring (bicyclic) bond motifs is 1. The van der Waals surface area contributed by atoms with Crippen LogP contribution in [0.5, 0.6) is 0 Å². The summed E-state index contributed by atoms with van der Waals surface area (Å²) in [7, 11) is 1.23. The van der Waals surface area contributed by atoms with E-state index < -0.39 is 18.2 Å². The fourth-order valence-corrected chi connectivity index (χ4v) is 3.08. The second kappa shape index (κ2) is 7.70. The van der Waals surface area contributed by atoms with Crippen LogP contribution in [0.15, 0.2) is 47.1 Å². The van der Waals surface area contributed by atoms with E-state index in [0.717, 1.165) is 0 Å². The number of alkyl halides is 3. The van der Waals surface area contributed by atoms with Crippen LogP contribution < -0.4 is 9.80 Å². The molecule has 1 aromatic carbocycles. The zero-order chi connectivity index (χ0) is 22.2. The van der Waals surface area contributed by atoms with E-state index in [2.05, 4.69) is 19.6 Å². The minimum absolute atomic E-state index is 0.0885. The van der Waals surface area contributed by atoms with Gasteiger partial charge in [0, 0.05) is 11.8 Å². The molecule has 0 radical (unpaired) electrons. The molecule has 0 bridgehead atoms. The molecule has 0 spiro atoms. The van der Waals surface area contributed by atoms with Gasteiger partial charge in [0.15, 0.2) is 0 Å². The zero-order valence-electron chi connectivity index (χ0n) is 16.0. The zero-order valence-corrected chi connectivity index (χ0v) is 16.0. The average Bonchev–Trinajstić information content (AvgIpc) is 3.26. The first-order valence-corrected chi connectivity index (χ1v) is 8.89. The Morgan fingerprint density at radius 1 is 1.19 bits per heavy atom. The lowest BCUT2D eigenvalue weighted by atomic mass is 10.1. The van der Waals surface area contributed by atoms with Gasteiger partial charge in [0.05, 0.1) is 30.7 Å².